The Morgan fingerprint density at radius 3 is 2.57 bits per heavy atom. The van der Waals surface area contributed by atoms with E-state index in [2.05, 4.69) is 32.7 Å². The molecule has 8 heteroatoms. The molecule has 4 aromatic rings. The van der Waals surface area contributed by atoms with Crippen LogP contribution in [-0.4, -0.2) is 16.0 Å². The number of aryl methyl sites for hydroxylation is 1. The molecule has 2 atom stereocenters. The van der Waals surface area contributed by atoms with E-state index in [4.69, 9.17) is 16.6 Å². The molecule has 0 radical (unpaired) electrons. The summed E-state index contributed by atoms with van der Waals surface area (Å²) in [6.07, 6.45) is 1.79. The van der Waals surface area contributed by atoms with Gasteiger partial charge in [0.2, 0.25) is 5.91 Å². The molecule has 1 fully saturated rings. The van der Waals surface area contributed by atoms with Crippen LogP contribution >= 0.6 is 24.0 Å². The van der Waals surface area contributed by atoms with E-state index in [0.717, 1.165) is 38.4 Å². The largest absolute Gasteiger partial charge is 0.452 e. The van der Waals surface area contributed by atoms with Crippen molar-refractivity contribution < 1.29 is 9.21 Å². The van der Waals surface area contributed by atoms with Gasteiger partial charge in [-0.2, -0.15) is 0 Å². The molecular weight excluding hydrogens is 500 g/mol. The molecule has 1 aliphatic heterocycles. The van der Waals surface area contributed by atoms with Crippen LogP contribution in [0.4, 0.5) is 11.4 Å². The molecule has 1 amide bonds. The minimum absolute atomic E-state index is 0.0127. The lowest BCUT2D eigenvalue weighted by Gasteiger charge is -2.27. The maximum Gasteiger partial charge on any atom is 0.226 e. The van der Waals surface area contributed by atoms with Crippen LogP contribution in [0.2, 0.25) is 0 Å². The van der Waals surface area contributed by atoms with Crippen LogP contribution in [0.25, 0.3) is 0 Å². The van der Waals surface area contributed by atoms with Gasteiger partial charge in [0, 0.05) is 28.4 Å². The molecule has 0 unspecified atom stereocenters. The Bertz CT molecular complexity index is 1410. The second-order valence-electron chi connectivity index (χ2n) is 9.21. The van der Waals surface area contributed by atoms with Crippen LogP contribution < -0.4 is 15.5 Å². The molecule has 1 aliphatic rings. The van der Waals surface area contributed by atoms with Gasteiger partial charge in [-0.05, 0) is 79.3 Å². The van der Waals surface area contributed by atoms with Gasteiger partial charge in [-0.15, -0.1) is 0 Å². The number of thiocarbonyl (C=S) groups is 1. The SMILES string of the molecule is Cc1cc(N2C(=S)N[C@H](c3ccccn3)[C@@H]2c2ccc(Sc3ccccc3)o2)ccc1NC(=O)C(C)C. The maximum absolute atomic E-state index is 12.3. The maximum atomic E-state index is 12.3. The molecule has 0 spiro atoms. The van der Waals surface area contributed by atoms with E-state index >= 15 is 0 Å². The highest BCUT2D eigenvalue weighted by atomic mass is 32.2. The van der Waals surface area contributed by atoms with E-state index in [1.807, 2.05) is 87.5 Å². The second kappa shape index (κ2) is 10.8. The summed E-state index contributed by atoms with van der Waals surface area (Å²) >= 11 is 7.42. The fourth-order valence-corrected chi connectivity index (χ4v) is 5.44. The monoisotopic (exact) mass is 528 g/mol. The zero-order valence-corrected chi connectivity index (χ0v) is 22.5. The van der Waals surface area contributed by atoms with Crippen molar-refractivity contribution >= 4 is 46.4 Å². The van der Waals surface area contributed by atoms with E-state index in [1.165, 1.54) is 0 Å². The molecule has 0 saturated carbocycles. The lowest BCUT2D eigenvalue weighted by Crippen LogP contribution is -2.29. The highest BCUT2D eigenvalue weighted by Gasteiger charge is 2.42. The van der Waals surface area contributed by atoms with Crippen LogP contribution in [0.3, 0.4) is 0 Å². The lowest BCUT2D eigenvalue weighted by molar-refractivity contribution is -0.118. The number of carbonyl (C=O) groups excluding carboxylic acids is 1. The Kier molecular flexibility index (Phi) is 7.30. The van der Waals surface area contributed by atoms with Crippen LogP contribution in [0.1, 0.15) is 42.9 Å². The van der Waals surface area contributed by atoms with Crippen LogP contribution in [0.5, 0.6) is 0 Å². The number of pyridine rings is 1. The summed E-state index contributed by atoms with van der Waals surface area (Å²) in [6.45, 7) is 5.74. The zero-order valence-electron chi connectivity index (χ0n) is 20.8. The normalized spacial score (nSPS) is 17.2. The van der Waals surface area contributed by atoms with Crippen molar-refractivity contribution in [3.8, 4) is 0 Å². The number of carbonyl (C=O) groups is 1. The number of furan rings is 1. The summed E-state index contributed by atoms with van der Waals surface area (Å²) in [4.78, 5) is 20.0. The summed E-state index contributed by atoms with van der Waals surface area (Å²) in [5.74, 6) is 0.678. The van der Waals surface area contributed by atoms with Crippen molar-refractivity contribution in [2.24, 2.45) is 5.92 Å². The number of rotatable bonds is 7. The molecule has 1 saturated heterocycles. The van der Waals surface area contributed by atoms with E-state index in [1.54, 1.807) is 18.0 Å². The minimum Gasteiger partial charge on any atom is -0.452 e. The number of nitrogens with one attached hydrogen (secondary N) is 2. The molecule has 188 valence electrons. The summed E-state index contributed by atoms with van der Waals surface area (Å²) < 4.78 is 6.39. The highest BCUT2D eigenvalue weighted by Crippen LogP contribution is 2.44. The summed E-state index contributed by atoms with van der Waals surface area (Å²) in [7, 11) is 0. The van der Waals surface area contributed by atoms with Gasteiger partial charge in [0.05, 0.1) is 11.7 Å². The van der Waals surface area contributed by atoms with Crippen LogP contribution in [0.15, 0.2) is 99.5 Å². The van der Waals surface area contributed by atoms with Gasteiger partial charge in [0.1, 0.15) is 11.8 Å². The Hall–Kier alpha value is -3.62. The second-order valence-corrected chi connectivity index (χ2v) is 10.7. The lowest BCUT2D eigenvalue weighted by atomic mass is 10.0. The van der Waals surface area contributed by atoms with Crippen molar-refractivity contribution in [2.75, 3.05) is 10.2 Å². The van der Waals surface area contributed by atoms with Crippen molar-refractivity contribution in [1.82, 2.24) is 10.3 Å². The van der Waals surface area contributed by atoms with E-state index in [0.29, 0.717) is 5.11 Å². The standard InChI is InChI=1S/C29H28N4O2S2/c1-18(2)28(34)31-22-13-12-20(17-19(22)3)33-27(26(32-29(33)36)23-11-7-8-16-30-23)24-14-15-25(35-24)37-21-9-5-4-6-10-21/h4-18,26-27H,1-3H3,(H,31,34)(H,32,36)/t26-,27+/m1/s1. The summed E-state index contributed by atoms with van der Waals surface area (Å²) in [5.41, 5.74) is 3.53. The molecule has 6 nitrogen and oxygen atoms in total. The van der Waals surface area contributed by atoms with E-state index in [9.17, 15) is 4.79 Å². The van der Waals surface area contributed by atoms with Gasteiger partial charge in [-0.3, -0.25) is 9.78 Å². The Morgan fingerprint density at radius 2 is 1.86 bits per heavy atom. The average molecular weight is 529 g/mol. The van der Waals surface area contributed by atoms with Gasteiger partial charge >= 0.3 is 0 Å². The molecule has 0 aliphatic carbocycles. The molecule has 0 bridgehead atoms. The molecule has 3 heterocycles. The first kappa shape index (κ1) is 25.0. The first-order valence-electron chi connectivity index (χ1n) is 12.2. The number of hydrogen-bond donors (Lipinski definition) is 2. The first-order chi connectivity index (χ1) is 17.9. The smallest absolute Gasteiger partial charge is 0.226 e. The van der Waals surface area contributed by atoms with E-state index in [-0.39, 0.29) is 23.9 Å². The van der Waals surface area contributed by atoms with Gasteiger partial charge in [-0.1, -0.05) is 49.9 Å². The predicted molar refractivity (Wildman–Crippen MR) is 152 cm³/mol. The number of hydrogen-bond acceptors (Lipinski definition) is 5. The minimum atomic E-state index is -0.247. The van der Waals surface area contributed by atoms with Crippen molar-refractivity contribution in [3.05, 3.63) is 102 Å². The Morgan fingerprint density at radius 1 is 1.08 bits per heavy atom. The first-order valence-corrected chi connectivity index (χ1v) is 13.4. The van der Waals surface area contributed by atoms with Crippen LogP contribution in [0, 0.1) is 12.8 Å². The van der Waals surface area contributed by atoms with Gasteiger partial charge in [0.15, 0.2) is 10.2 Å². The summed E-state index contributed by atoms with van der Waals surface area (Å²) in [6, 6.07) is 25.5. The molecule has 2 aromatic heterocycles. The number of anilines is 2. The number of benzene rings is 2. The van der Waals surface area contributed by atoms with Crippen LogP contribution in [-0.2, 0) is 4.79 Å². The molecule has 37 heavy (non-hydrogen) atoms. The summed E-state index contributed by atoms with van der Waals surface area (Å²) in [5, 5.41) is 7.87. The third-order valence-electron chi connectivity index (χ3n) is 6.22. The molecule has 2 N–H and O–H groups in total. The molecule has 5 rings (SSSR count). The quantitative estimate of drug-likeness (QED) is 0.253. The highest BCUT2D eigenvalue weighted by molar-refractivity contribution is 7.99. The molecule has 2 aromatic carbocycles. The predicted octanol–water partition coefficient (Wildman–Crippen LogP) is 6.91. The third-order valence-corrected chi connectivity index (χ3v) is 7.47. The van der Waals surface area contributed by atoms with Crippen molar-refractivity contribution in [1.29, 1.82) is 0 Å². The van der Waals surface area contributed by atoms with E-state index < -0.39 is 0 Å². The average Bonchev–Trinajstić information content (AvgIpc) is 3.50. The fraction of sp³-hybridized carbons (Fsp3) is 0.207. The fourth-order valence-electron chi connectivity index (χ4n) is 4.29. The van der Waals surface area contributed by atoms with Crippen molar-refractivity contribution in [3.63, 3.8) is 0 Å². The Labute approximate surface area is 226 Å². The van der Waals surface area contributed by atoms with Gasteiger partial charge in [0.25, 0.3) is 0 Å². The van der Waals surface area contributed by atoms with Gasteiger partial charge in [-0.25, -0.2) is 0 Å². The number of aromatic nitrogens is 1. The number of amides is 1. The number of nitrogens with zero attached hydrogens (tertiary/aromatic N) is 2. The topological polar surface area (TPSA) is 70.4 Å². The zero-order chi connectivity index (χ0) is 25.9. The van der Waals surface area contributed by atoms with Gasteiger partial charge < -0.3 is 20.0 Å². The Balaban J connectivity index is 1.50. The molecular formula is C29H28N4O2S2. The van der Waals surface area contributed by atoms with Crippen molar-refractivity contribution in [2.45, 2.75) is 42.8 Å². The third kappa shape index (κ3) is 5.40.